The number of hydrogen-bond donors (Lipinski definition) is 0. The molecule has 1 aromatic heterocycles. The van der Waals surface area contributed by atoms with E-state index in [0.717, 1.165) is 0 Å². The number of carbonyl (C=O) groups excluding carboxylic acids is 2. The van der Waals surface area contributed by atoms with E-state index in [2.05, 4.69) is 4.98 Å². The van der Waals surface area contributed by atoms with Gasteiger partial charge in [0.05, 0.1) is 43.5 Å². The van der Waals surface area contributed by atoms with Crippen LogP contribution in [-0.4, -0.2) is 48.4 Å². The number of benzene rings is 2. The zero-order valence-electron chi connectivity index (χ0n) is 19.2. The van der Waals surface area contributed by atoms with Gasteiger partial charge in [-0.3, -0.25) is 14.2 Å². The van der Waals surface area contributed by atoms with E-state index in [4.69, 9.17) is 14.2 Å². The Balaban J connectivity index is 1.97. The van der Waals surface area contributed by atoms with Crippen molar-refractivity contribution >= 4 is 34.4 Å². The monoisotopic (exact) mass is 470 g/mol. The number of aromatic nitrogens is 2. The Morgan fingerprint density at radius 2 is 1.70 bits per heavy atom. The Morgan fingerprint density at radius 1 is 1.00 bits per heavy atom. The number of methoxy groups -OCH3 is 3. The van der Waals surface area contributed by atoms with Crippen molar-refractivity contribution in [2.24, 2.45) is 5.92 Å². The average molecular weight is 471 g/mol. The maximum absolute atomic E-state index is 13.2. The molecule has 3 rings (SSSR count). The minimum absolute atomic E-state index is 0.0716. The first-order chi connectivity index (χ1) is 15.8. The second kappa shape index (κ2) is 10.5. The Kier molecular flexibility index (Phi) is 7.75. The van der Waals surface area contributed by atoms with Gasteiger partial charge in [-0.25, -0.2) is 9.78 Å². The highest BCUT2D eigenvalue weighted by molar-refractivity contribution is 7.99. The van der Waals surface area contributed by atoms with E-state index >= 15 is 0 Å². The van der Waals surface area contributed by atoms with Crippen LogP contribution in [0.3, 0.4) is 0 Å². The fourth-order valence-corrected chi connectivity index (χ4v) is 4.21. The van der Waals surface area contributed by atoms with Crippen molar-refractivity contribution in [3.05, 3.63) is 57.9 Å². The quantitative estimate of drug-likeness (QED) is 0.201. The molecule has 9 heteroatoms. The highest BCUT2D eigenvalue weighted by Gasteiger charge is 2.17. The van der Waals surface area contributed by atoms with Gasteiger partial charge in [0, 0.05) is 12.1 Å². The fourth-order valence-electron chi connectivity index (χ4n) is 3.30. The molecule has 0 saturated heterocycles. The first kappa shape index (κ1) is 24.3. The second-order valence-electron chi connectivity index (χ2n) is 7.71. The summed E-state index contributed by atoms with van der Waals surface area (Å²) in [6.07, 6.45) is 0. The lowest BCUT2D eigenvalue weighted by atomic mass is 10.1. The minimum atomic E-state index is -0.511. The van der Waals surface area contributed by atoms with Crippen LogP contribution in [0.2, 0.25) is 0 Å². The molecule has 0 saturated carbocycles. The predicted molar refractivity (Wildman–Crippen MR) is 127 cm³/mol. The minimum Gasteiger partial charge on any atom is -0.493 e. The normalized spacial score (nSPS) is 11.0. The molecule has 0 fully saturated rings. The molecule has 33 heavy (non-hydrogen) atoms. The fraction of sp³-hybridized carbons (Fsp3) is 0.333. The van der Waals surface area contributed by atoms with Gasteiger partial charge in [0.1, 0.15) is 0 Å². The highest BCUT2D eigenvalue weighted by Crippen LogP contribution is 2.29. The molecule has 0 amide bonds. The largest absolute Gasteiger partial charge is 0.493 e. The molecule has 8 nitrogen and oxygen atoms in total. The summed E-state index contributed by atoms with van der Waals surface area (Å²) in [5.41, 5.74) is 0.928. The third-order valence-corrected chi connectivity index (χ3v) is 5.90. The number of nitrogens with zero attached hydrogens (tertiary/aromatic N) is 2. The van der Waals surface area contributed by atoms with Gasteiger partial charge in [0.2, 0.25) is 0 Å². The number of ketones is 1. The molecule has 0 aliphatic rings. The van der Waals surface area contributed by atoms with Crippen molar-refractivity contribution in [3.63, 3.8) is 0 Å². The Bertz CT molecular complexity index is 1250. The molecule has 0 N–H and O–H groups in total. The molecule has 0 radical (unpaired) electrons. The topological polar surface area (TPSA) is 96.7 Å². The van der Waals surface area contributed by atoms with Crippen LogP contribution in [0.15, 0.2) is 46.3 Å². The zero-order chi connectivity index (χ0) is 24.1. The van der Waals surface area contributed by atoms with Gasteiger partial charge < -0.3 is 14.2 Å². The summed E-state index contributed by atoms with van der Waals surface area (Å²) in [5, 5.41) is 0.816. The zero-order valence-corrected chi connectivity index (χ0v) is 20.0. The molecule has 0 unspecified atom stereocenters. The molecule has 1 heterocycles. The first-order valence-corrected chi connectivity index (χ1v) is 11.3. The van der Waals surface area contributed by atoms with E-state index in [9.17, 15) is 14.4 Å². The summed E-state index contributed by atoms with van der Waals surface area (Å²) in [6.45, 7) is 4.45. The number of rotatable bonds is 9. The lowest BCUT2D eigenvalue weighted by molar-refractivity contribution is 0.0600. The van der Waals surface area contributed by atoms with Crippen LogP contribution in [-0.2, 0) is 11.3 Å². The molecule has 3 aromatic rings. The molecule has 2 aromatic carbocycles. The van der Waals surface area contributed by atoms with Crippen LogP contribution in [0.5, 0.6) is 11.5 Å². The molecular formula is C24H26N2O6S. The van der Waals surface area contributed by atoms with E-state index in [0.29, 0.717) is 45.2 Å². The summed E-state index contributed by atoms with van der Waals surface area (Å²) in [5.74, 6) is 0.603. The standard InChI is InChI=1S/C24H26N2O6S/c1-14(2)12-26-22(28)17-8-6-16(23(29)32-5)10-18(17)25-24(26)33-13-19(27)15-7-9-20(30-3)21(11-15)31-4/h6-11,14H,12-13H2,1-5H3. The smallest absolute Gasteiger partial charge is 0.337 e. The van der Waals surface area contributed by atoms with Gasteiger partial charge in [0.25, 0.3) is 5.56 Å². The van der Waals surface area contributed by atoms with Crippen molar-refractivity contribution in [2.75, 3.05) is 27.1 Å². The maximum Gasteiger partial charge on any atom is 0.337 e. The number of esters is 1. The molecule has 0 aliphatic heterocycles. The van der Waals surface area contributed by atoms with E-state index in [1.165, 1.54) is 39.2 Å². The number of carbonyl (C=O) groups is 2. The molecule has 0 atom stereocenters. The first-order valence-electron chi connectivity index (χ1n) is 10.3. The SMILES string of the molecule is COC(=O)c1ccc2c(=O)n(CC(C)C)c(SCC(=O)c3ccc(OC)c(OC)c3)nc2c1. The Labute approximate surface area is 195 Å². The number of thioether (sulfide) groups is 1. The third kappa shape index (κ3) is 5.36. The van der Waals surface area contributed by atoms with E-state index < -0.39 is 5.97 Å². The number of ether oxygens (including phenoxy) is 3. The summed E-state index contributed by atoms with van der Waals surface area (Å²) in [4.78, 5) is 42.6. The van der Waals surface area contributed by atoms with Crippen LogP contribution in [0.4, 0.5) is 0 Å². The number of Topliss-reactive ketones (excluding diaryl/α,β-unsaturated/α-hetero) is 1. The predicted octanol–water partition coefficient (Wildman–Crippen LogP) is 3.83. The van der Waals surface area contributed by atoms with Crippen molar-refractivity contribution < 1.29 is 23.8 Å². The van der Waals surface area contributed by atoms with Gasteiger partial charge >= 0.3 is 5.97 Å². The molecule has 0 bridgehead atoms. The average Bonchev–Trinajstić information content (AvgIpc) is 2.82. The van der Waals surface area contributed by atoms with Crippen LogP contribution >= 0.6 is 11.8 Å². The van der Waals surface area contributed by atoms with Gasteiger partial charge in [0.15, 0.2) is 22.4 Å². The van der Waals surface area contributed by atoms with E-state index in [1.54, 1.807) is 34.9 Å². The van der Waals surface area contributed by atoms with Crippen molar-refractivity contribution in [1.82, 2.24) is 9.55 Å². The lowest BCUT2D eigenvalue weighted by Gasteiger charge is -2.15. The summed E-state index contributed by atoms with van der Waals surface area (Å²) >= 11 is 1.18. The molecule has 174 valence electrons. The van der Waals surface area contributed by atoms with Crippen molar-refractivity contribution in [1.29, 1.82) is 0 Å². The van der Waals surface area contributed by atoms with Gasteiger partial charge in [-0.1, -0.05) is 25.6 Å². The Hall–Kier alpha value is -3.33. The highest BCUT2D eigenvalue weighted by atomic mass is 32.2. The lowest BCUT2D eigenvalue weighted by Crippen LogP contribution is -2.26. The third-order valence-electron chi connectivity index (χ3n) is 4.93. The van der Waals surface area contributed by atoms with Gasteiger partial charge in [-0.05, 0) is 42.3 Å². The van der Waals surface area contributed by atoms with E-state index in [-0.39, 0.29) is 23.0 Å². The summed E-state index contributed by atoms with van der Waals surface area (Å²) in [7, 11) is 4.33. The number of fused-ring (bicyclic) bond motifs is 1. The molecular weight excluding hydrogens is 444 g/mol. The van der Waals surface area contributed by atoms with Crippen LogP contribution in [0.25, 0.3) is 10.9 Å². The summed E-state index contributed by atoms with van der Waals surface area (Å²) in [6, 6.07) is 9.62. The Morgan fingerprint density at radius 3 is 2.33 bits per heavy atom. The number of hydrogen-bond acceptors (Lipinski definition) is 8. The molecule has 0 spiro atoms. The van der Waals surface area contributed by atoms with Gasteiger partial charge in [-0.15, -0.1) is 0 Å². The molecule has 0 aliphatic carbocycles. The van der Waals surface area contributed by atoms with Crippen molar-refractivity contribution in [2.45, 2.75) is 25.5 Å². The summed E-state index contributed by atoms with van der Waals surface area (Å²) < 4.78 is 16.8. The van der Waals surface area contributed by atoms with Crippen molar-refractivity contribution in [3.8, 4) is 11.5 Å². The van der Waals surface area contributed by atoms with E-state index in [1.807, 2.05) is 13.8 Å². The van der Waals surface area contributed by atoms with Gasteiger partial charge in [-0.2, -0.15) is 0 Å². The van der Waals surface area contributed by atoms with Crippen LogP contribution in [0, 0.1) is 5.92 Å². The maximum atomic E-state index is 13.2. The van der Waals surface area contributed by atoms with Crippen LogP contribution in [0.1, 0.15) is 34.6 Å². The second-order valence-corrected chi connectivity index (χ2v) is 8.65. The van der Waals surface area contributed by atoms with Crippen LogP contribution < -0.4 is 15.0 Å².